The lowest BCUT2D eigenvalue weighted by molar-refractivity contribution is -0.132. The molecule has 7 nitrogen and oxygen atoms in total. The molecule has 1 fully saturated rings. The van der Waals surface area contributed by atoms with E-state index in [1.165, 1.54) is 12.3 Å². The topological polar surface area (TPSA) is 91.4 Å². The number of nitrogens with zero attached hydrogens (tertiary/aromatic N) is 2. The van der Waals surface area contributed by atoms with Gasteiger partial charge in [0.2, 0.25) is 11.8 Å². The van der Waals surface area contributed by atoms with Crippen molar-refractivity contribution in [3.63, 3.8) is 0 Å². The van der Waals surface area contributed by atoms with Crippen LogP contribution in [-0.2, 0) is 16.1 Å². The smallest absolute Gasteiger partial charge is 0.329 e. The lowest BCUT2D eigenvalue weighted by Crippen LogP contribution is -2.49. The first kappa shape index (κ1) is 20.4. The Bertz CT molecular complexity index is 921. The molecule has 1 aromatic carbocycles. The summed E-state index contributed by atoms with van der Waals surface area (Å²) in [5.41, 5.74) is 1.04. The van der Waals surface area contributed by atoms with E-state index < -0.39 is 23.9 Å². The van der Waals surface area contributed by atoms with E-state index in [1.807, 2.05) is 0 Å². The summed E-state index contributed by atoms with van der Waals surface area (Å²) in [6.07, 6.45) is 1.70. The molecule has 1 aliphatic heterocycles. The summed E-state index contributed by atoms with van der Waals surface area (Å²) in [7, 11) is 0. The summed E-state index contributed by atoms with van der Waals surface area (Å²) in [5, 5.41) is 6.43. The third-order valence-electron chi connectivity index (χ3n) is 4.18. The van der Waals surface area contributed by atoms with Gasteiger partial charge in [0, 0.05) is 23.0 Å². The molecule has 4 amide bonds. The van der Waals surface area contributed by atoms with Gasteiger partial charge < -0.3 is 10.6 Å². The Balaban J connectivity index is 1.65. The molecule has 3 rings (SSSR count). The molecule has 2 N–H and O–H groups in total. The molecular weight excluding hydrogens is 427 g/mol. The number of aromatic nitrogens is 1. The molecule has 28 heavy (non-hydrogen) atoms. The van der Waals surface area contributed by atoms with Crippen LogP contribution in [0.15, 0.2) is 36.5 Å². The fourth-order valence-electron chi connectivity index (χ4n) is 2.79. The van der Waals surface area contributed by atoms with Gasteiger partial charge in [0.15, 0.2) is 0 Å². The number of hydrogen-bond acceptors (Lipinski definition) is 4. The van der Waals surface area contributed by atoms with Crippen molar-refractivity contribution < 1.29 is 14.4 Å². The van der Waals surface area contributed by atoms with Crippen LogP contribution in [0.25, 0.3) is 0 Å². The van der Waals surface area contributed by atoms with E-state index in [9.17, 15) is 14.4 Å². The van der Waals surface area contributed by atoms with Crippen molar-refractivity contribution in [2.45, 2.75) is 25.4 Å². The largest absolute Gasteiger partial charge is 0.350 e. The van der Waals surface area contributed by atoms with Crippen LogP contribution in [0.5, 0.6) is 0 Å². The van der Waals surface area contributed by atoms with Gasteiger partial charge in [-0.3, -0.25) is 14.5 Å². The van der Waals surface area contributed by atoms with Crippen molar-refractivity contribution in [2.24, 2.45) is 0 Å². The Kier molecular flexibility index (Phi) is 6.39. The summed E-state index contributed by atoms with van der Waals surface area (Å²) < 4.78 is 0. The van der Waals surface area contributed by atoms with Crippen LogP contribution in [-0.4, -0.2) is 33.8 Å². The van der Waals surface area contributed by atoms with Gasteiger partial charge in [-0.25, -0.2) is 9.78 Å². The molecule has 146 valence electrons. The average Bonchev–Trinajstić information content (AvgIpc) is 3.04. The van der Waals surface area contributed by atoms with Crippen LogP contribution in [0.2, 0.25) is 15.2 Å². The van der Waals surface area contributed by atoms with Crippen LogP contribution in [0.3, 0.4) is 0 Å². The number of carbonyl (C=O) groups is 3. The number of nitrogens with one attached hydrogen (secondary N) is 2. The number of carbonyl (C=O) groups excluding carboxylic acids is 3. The predicted molar refractivity (Wildman–Crippen MR) is 106 cm³/mol. The number of imide groups is 1. The first-order chi connectivity index (χ1) is 13.3. The van der Waals surface area contributed by atoms with Crippen LogP contribution < -0.4 is 10.6 Å². The van der Waals surface area contributed by atoms with Gasteiger partial charge >= 0.3 is 6.03 Å². The Morgan fingerprint density at radius 1 is 1.18 bits per heavy atom. The molecule has 0 unspecified atom stereocenters. The number of likely N-dealkylation sites (tertiary alicyclic amines) is 1. The van der Waals surface area contributed by atoms with Gasteiger partial charge in [-0.1, -0.05) is 40.9 Å². The van der Waals surface area contributed by atoms with Gasteiger partial charge in [-0.15, -0.1) is 0 Å². The van der Waals surface area contributed by atoms with Crippen LogP contribution >= 0.6 is 34.8 Å². The number of halogens is 3. The second-order valence-electron chi connectivity index (χ2n) is 6.07. The predicted octanol–water partition coefficient (Wildman–Crippen LogP) is 3.88. The summed E-state index contributed by atoms with van der Waals surface area (Å²) in [4.78, 5) is 42.0. The minimum atomic E-state index is -0.904. The first-order valence-corrected chi connectivity index (χ1v) is 9.45. The second kappa shape index (κ2) is 8.77. The third-order valence-corrected chi connectivity index (χ3v) is 4.99. The van der Waals surface area contributed by atoms with Crippen LogP contribution in [0.4, 0.5) is 10.5 Å². The van der Waals surface area contributed by atoms with Crippen LogP contribution in [0, 0.1) is 0 Å². The average molecular weight is 442 g/mol. The zero-order chi connectivity index (χ0) is 20.3. The van der Waals surface area contributed by atoms with Crippen molar-refractivity contribution in [3.05, 3.63) is 57.3 Å². The van der Waals surface area contributed by atoms with Crippen molar-refractivity contribution in [1.82, 2.24) is 15.2 Å². The first-order valence-electron chi connectivity index (χ1n) is 8.31. The maximum Gasteiger partial charge on any atom is 0.329 e. The van der Waals surface area contributed by atoms with Crippen molar-refractivity contribution >= 4 is 58.3 Å². The van der Waals surface area contributed by atoms with E-state index in [2.05, 4.69) is 15.6 Å². The fourth-order valence-corrected chi connectivity index (χ4v) is 3.37. The van der Waals surface area contributed by atoms with Gasteiger partial charge in [-0.05, 0) is 36.2 Å². The quantitative estimate of drug-likeness (QED) is 0.704. The normalized spacial score (nSPS) is 16.2. The van der Waals surface area contributed by atoms with E-state index in [-0.39, 0.29) is 24.5 Å². The zero-order valence-electron chi connectivity index (χ0n) is 14.4. The van der Waals surface area contributed by atoms with Crippen molar-refractivity contribution in [2.75, 3.05) is 5.32 Å². The number of amides is 4. The van der Waals surface area contributed by atoms with Crippen LogP contribution in [0.1, 0.15) is 18.4 Å². The summed E-state index contributed by atoms with van der Waals surface area (Å²) in [6, 6.07) is 6.38. The van der Waals surface area contributed by atoms with Gasteiger partial charge in [-0.2, -0.15) is 0 Å². The molecule has 1 aliphatic rings. The zero-order valence-corrected chi connectivity index (χ0v) is 16.7. The third kappa shape index (κ3) is 4.73. The number of rotatable bonds is 4. The number of benzene rings is 1. The fraction of sp³-hybridized carbons (Fsp3) is 0.222. The standard InChI is InChI=1S/C18H15Cl3N4O3/c19-11-2-1-10(13(20)7-11)8-23-17(27)14-4-6-16(26)25(14)18(28)24-12-3-5-15(21)22-9-12/h1-3,5,7,9,14H,4,6,8H2,(H,23,27)(H,24,28)/t14-/m0/s1. The van der Waals surface area contributed by atoms with Crippen molar-refractivity contribution in [1.29, 1.82) is 0 Å². The van der Waals surface area contributed by atoms with Gasteiger partial charge in [0.05, 0.1) is 11.9 Å². The number of pyridine rings is 1. The molecule has 0 aliphatic carbocycles. The minimum Gasteiger partial charge on any atom is -0.350 e. The van der Waals surface area contributed by atoms with Crippen molar-refractivity contribution in [3.8, 4) is 0 Å². The molecule has 1 saturated heterocycles. The monoisotopic (exact) mass is 440 g/mol. The Morgan fingerprint density at radius 3 is 2.64 bits per heavy atom. The highest BCUT2D eigenvalue weighted by Crippen LogP contribution is 2.23. The van der Waals surface area contributed by atoms with E-state index in [0.29, 0.717) is 21.3 Å². The molecular formula is C18H15Cl3N4O3. The minimum absolute atomic E-state index is 0.103. The summed E-state index contributed by atoms with van der Waals surface area (Å²) >= 11 is 17.7. The molecule has 0 radical (unpaired) electrons. The van der Waals surface area contributed by atoms with E-state index in [0.717, 1.165) is 4.90 Å². The van der Waals surface area contributed by atoms with E-state index in [4.69, 9.17) is 34.8 Å². The second-order valence-corrected chi connectivity index (χ2v) is 7.30. The van der Waals surface area contributed by atoms with Gasteiger partial charge in [0.25, 0.3) is 0 Å². The SMILES string of the molecule is O=C(NCc1ccc(Cl)cc1Cl)[C@@H]1CCC(=O)N1C(=O)Nc1ccc(Cl)nc1. The Morgan fingerprint density at radius 2 is 1.96 bits per heavy atom. The number of urea groups is 1. The molecule has 2 heterocycles. The van der Waals surface area contributed by atoms with E-state index >= 15 is 0 Å². The Hall–Kier alpha value is -2.35. The highest BCUT2D eigenvalue weighted by atomic mass is 35.5. The molecule has 1 aromatic heterocycles. The summed E-state index contributed by atoms with van der Waals surface area (Å²) in [6.45, 7) is 0.149. The molecule has 0 spiro atoms. The molecule has 10 heteroatoms. The maximum atomic E-state index is 12.6. The lowest BCUT2D eigenvalue weighted by Gasteiger charge is -2.22. The van der Waals surface area contributed by atoms with E-state index in [1.54, 1.807) is 24.3 Å². The highest BCUT2D eigenvalue weighted by Gasteiger charge is 2.40. The van der Waals surface area contributed by atoms with Gasteiger partial charge in [0.1, 0.15) is 11.2 Å². The Labute approximate surface area is 176 Å². The molecule has 1 atom stereocenters. The highest BCUT2D eigenvalue weighted by molar-refractivity contribution is 6.35. The number of hydrogen-bond donors (Lipinski definition) is 2. The number of anilines is 1. The summed E-state index contributed by atoms with van der Waals surface area (Å²) in [5.74, 6) is -0.870. The lowest BCUT2D eigenvalue weighted by atomic mass is 10.2. The molecule has 0 bridgehead atoms. The maximum absolute atomic E-state index is 12.6. The molecule has 0 saturated carbocycles. The molecule has 2 aromatic rings.